The van der Waals surface area contributed by atoms with Crippen LogP contribution in [0.25, 0.3) is 0 Å². The van der Waals surface area contributed by atoms with Gasteiger partial charge in [-0.3, -0.25) is 14.9 Å². The lowest BCUT2D eigenvalue weighted by atomic mass is 9.91. The van der Waals surface area contributed by atoms with Crippen LogP contribution in [0, 0.1) is 5.92 Å². The molecule has 0 saturated carbocycles. The van der Waals surface area contributed by atoms with Crippen LogP contribution in [-0.2, 0) is 16.0 Å². The number of methoxy groups -OCH3 is 2. The first-order valence-corrected chi connectivity index (χ1v) is 6.18. The van der Waals surface area contributed by atoms with Crippen molar-refractivity contribution in [2.24, 2.45) is 5.92 Å². The van der Waals surface area contributed by atoms with Crippen LogP contribution in [0.15, 0.2) is 18.2 Å². The third-order valence-electron chi connectivity index (χ3n) is 3.31. The number of hydrogen-bond acceptors (Lipinski definition) is 4. The van der Waals surface area contributed by atoms with Crippen molar-refractivity contribution < 1.29 is 19.1 Å². The van der Waals surface area contributed by atoms with E-state index in [1.807, 2.05) is 12.1 Å². The van der Waals surface area contributed by atoms with Gasteiger partial charge in [0.2, 0.25) is 11.8 Å². The largest absolute Gasteiger partial charge is 0.497 e. The third kappa shape index (κ3) is 3.05. The van der Waals surface area contributed by atoms with Gasteiger partial charge < -0.3 is 9.47 Å². The molecule has 1 aromatic rings. The minimum Gasteiger partial charge on any atom is -0.497 e. The van der Waals surface area contributed by atoms with Crippen LogP contribution in [0.4, 0.5) is 0 Å². The fourth-order valence-corrected chi connectivity index (χ4v) is 2.22. The van der Waals surface area contributed by atoms with Crippen LogP contribution < -0.4 is 14.8 Å². The Bertz CT molecular complexity index is 498. The zero-order chi connectivity index (χ0) is 13.8. The standard InChI is InChI=1S/C14H17NO4/c1-18-11-5-3-9(12(8-11)19-2)7-10-4-6-13(16)15-14(10)17/h3,5,8,10H,4,6-7H2,1-2H3,(H,15,16,17). The molecule has 0 spiro atoms. The van der Waals surface area contributed by atoms with Gasteiger partial charge in [-0.05, 0) is 24.5 Å². The summed E-state index contributed by atoms with van der Waals surface area (Å²) in [4.78, 5) is 22.8. The van der Waals surface area contributed by atoms with Gasteiger partial charge in [-0.1, -0.05) is 6.07 Å². The minimum absolute atomic E-state index is 0.181. The van der Waals surface area contributed by atoms with Crippen molar-refractivity contribution >= 4 is 11.8 Å². The number of hydrogen-bond donors (Lipinski definition) is 1. The summed E-state index contributed by atoms with van der Waals surface area (Å²) >= 11 is 0. The van der Waals surface area contributed by atoms with Crippen LogP contribution in [0.1, 0.15) is 18.4 Å². The molecule has 5 nitrogen and oxygen atoms in total. The van der Waals surface area contributed by atoms with Gasteiger partial charge in [-0.25, -0.2) is 0 Å². The molecule has 5 heteroatoms. The van der Waals surface area contributed by atoms with Crippen molar-refractivity contribution in [2.45, 2.75) is 19.3 Å². The van der Waals surface area contributed by atoms with Crippen LogP contribution >= 0.6 is 0 Å². The summed E-state index contributed by atoms with van der Waals surface area (Å²) in [6, 6.07) is 5.52. The number of nitrogens with one attached hydrogen (secondary N) is 1. The van der Waals surface area contributed by atoms with Crippen molar-refractivity contribution in [3.63, 3.8) is 0 Å². The van der Waals surface area contributed by atoms with Crippen LogP contribution in [0.3, 0.4) is 0 Å². The summed E-state index contributed by atoms with van der Waals surface area (Å²) in [5.41, 5.74) is 0.942. The Balaban J connectivity index is 2.14. The van der Waals surface area contributed by atoms with Crippen LogP contribution in [0.5, 0.6) is 11.5 Å². The maximum absolute atomic E-state index is 11.7. The zero-order valence-electron chi connectivity index (χ0n) is 11.1. The molecule has 0 bridgehead atoms. The van der Waals surface area contributed by atoms with E-state index in [2.05, 4.69) is 5.32 Å². The van der Waals surface area contributed by atoms with E-state index in [4.69, 9.17) is 9.47 Å². The number of amides is 2. The summed E-state index contributed by atoms with van der Waals surface area (Å²) in [6.07, 6.45) is 1.54. The topological polar surface area (TPSA) is 64.6 Å². The van der Waals surface area contributed by atoms with Gasteiger partial charge in [0.1, 0.15) is 11.5 Å². The normalized spacial score (nSPS) is 18.9. The Morgan fingerprint density at radius 2 is 2.05 bits per heavy atom. The summed E-state index contributed by atoms with van der Waals surface area (Å²) < 4.78 is 10.4. The molecule has 19 heavy (non-hydrogen) atoms. The van der Waals surface area contributed by atoms with E-state index < -0.39 is 0 Å². The molecule has 0 radical (unpaired) electrons. The van der Waals surface area contributed by atoms with Gasteiger partial charge in [0.05, 0.1) is 14.2 Å². The molecule has 102 valence electrons. The predicted octanol–water partition coefficient (Wildman–Crippen LogP) is 1.30. The van der Waals surface area contributed by atoms with Gasteiger partial charge in [0.25, 0.3) is 0 Å². The Labute approximate surface area is 111 Å². The van der Waals surface area contributed by atoms with E-state index in [9.17, 15) is 9.59 Å². The maximum Gasteiger partial charge on any atom is 0.230 e. The first-order valence-electron chi connectivity index (χ1n) is 6.18. The number of carbonyl (C=O) groups is 2. The SMILES string of the molecule is COc1ccc(CC2CCC(=O)NC2=O)c(OC)c1. The molecule has 1 heterocycles. The third-order valence-corrected chi connectivity index (χ3v) is 3.31. The molecule has 1 saturated heterocycles. The molecule has 0 aliphatic carbocycles. The average Bonchev–Trinajstić information content (AvgIpc) is 2.42. The lowest BCUT2D eigenvalue weighted by Gasteiger charge is -2.21. The highest BCUT2D eigenvalue weighted by molar-refractivity contribution is 5.98. The van der Waals surface area contributed by atoms with Gasteiger partial charge in [0, 0.05) is 18.4 Å². The lowest BCUT2D eigenvalue weighted by molar-refractivity contribution is -0.136. The molecule has 1 aromatic carbocycles. The Morgan fingerprint density at radius 3 is 2.68 bits per heavy atom. The van der Waals surface area contributed by atoms with E-state index in [1.54, 1.807) is 20.3 Å². The van der Waals surface area contributed by atoms with Gasteiger partial charge in [-0.2, -0.15) is 0 Å². The van der Waals surface area contributed by atoms with Crippen molar-refractivity contribution in [3.05, 3.63) is 23.8 Å². The van der Waals surface area contributed by atoms with E-state index >= 15 is 0 Å². The molecule has 2 rings (SSSR count). The van der Waals surface area contributed by atoms with Crippen LogP contribution in [-0.4, -0.2) is 26.0 Å². The Morgan fingerprint density at radius 1 is 1.26 bits per heavy atom. The first-order chi connectivity index (χ1) is 9.13. The second-order valence-electron chi connectivity index (χ2n) is 4.53. The Kier molecular flexibility index (Phi) is 4.04. The number of piperidine rings is 1. The van der Waals surface area contributed by atoms with Gasteiger partial charge >= 0.3 is 0 Å². The molecular weight excluding hydrogens is 246 g/mol. The Hall–Kier alpha value is -2.04. The molecule has 1 unspecified atom stereocenters. The molecule has 1 aliphatic heterocycles. The highest BCUT2D eigenvalue weighted by Gasteiger charge is 2.27. The highest BCUT2D eigenvalue weighted by Crippen LogP contribution is 2.28. The van der Waals surface area contributed by atoms with Crippen LogP contribution in [0.2, 0.25) is 0 Å². The molecule has 1 fully saturated rings. The maximum atomic E-state index is 11.7. The van der Waals surface area contributed by atoms with E-state index in [1.165, 1.54) is 0 Å². The second kappa shape index (κ2) is 5.73. The number of imide groups is 1. The summed E-state index contributed by atoms with van der Waals surface area (Å²) in [5, 5.41) is 2.37. The molecule has 0 aromatic heterocycles. The van der Waals surface area contributed by atoms with E-state index in [0.29, 0.717) is 30.8 Å². The smallest absolute Gasteiger partial charge is 0.230 e. The number of ether oxygens (including phenoxy) is 2. The predicted molar refractivity (Wildman–Crippen MR) is 69.1 cm³/mol. The molecule has 2 amide bonds. The molecule has 1 N–H and O–H groups in total. The summed E-state index contributed by atoms with van der Waals surface area (Å²) in [7, 11) is 3.18. The molecular formula is C14H17NO4. The summed E-state index contributed by atoms with van der Waals surface area (Å²) in [6.45, 7) is 0. The number of rotatable bonds is 4. The fourth-order valence-electron chi connectivity index (χ4n) is 2.22. The van der Waals surface area contributed by atoms with E-state index in [-0.39, 0.29) is 17.7 Å². The van der Waals surface area contributed by atoms with Crippen molar-refractivity contribution in [1.29, 1.82) is 0 Å². The fraction of sp³-hybridized carbons (Fsp3) is 0.429. The minimum atomic E-state index is -0.200. The second-order valence-corrected chi connectivity index (χ2v) is 4.53. The van der Waals surface area contributed by atoms with Crippen molar-refractivity contribution in [2.75, 3.05) is 14.2 Å². The number of benzene rings is 1. The molecule has 1 aliphatic rings. The average molecular weight is 263 g/mol. The molecule has 1 atom stereocenters. The highest BCUT2D eigenvalue weighted by atomic mass is 16.5. The van der Waals surface area contributed by atoms with Gasteiger partial charge in [-0.15, -0.1) is 0 Å². The van der Waals surface area contributed by atoms with Crippen molar-refractivity contribution in [3.8, 4) is 11.5 Å². The monoisotopic (exact) mass is 263 g/mol. The summed E-state index contributed by atoms with van der Waals surface area (Å²) in [5.74, 6) is 0.838. The van der Waals surface area contributed by atoms with Gasteiger partial charge in [0.15, 0.2) is 0 Å². The zero-order valence-corrected chi connectivity index (χ0v) is 11.1. The lowest BCUT2D eigenvalue weighted by Crippen LogP contribution is -2.41. The quantitative estimate of drug-likeness (QED) is 0.832. The number of carbonyl (C=O) groups excluding carboxylic acids is 2. The van der Waals surface area contributed by atoms with E-state index in [0.717, 1.165) is 5.56 Å². The first kappa shape index (κ1) is 13.4. The van der Waals surface area contributed by atoms with Crippen molar-refractivity contribution in [1.82, 2.24) is 5.32 Å².